The highest BCUT2D eigenvalue weighted by Crippen LogP contribution is 2.46. The maximum Gasteiger partial charge on any atom is 0.306 e. The Morgan fingerprint density at radius 2 is 2.08 bits per heavy atom. The highest BCUT2D eigenvalue weighted by atomic mass is 16.5. The minimum Gasteiger partial charge on any atom is -0.462 e. The van der Waals surface area contributed by atoms with Gasteiger partial charge in [-0.2, -0.15) is 0 Å². The Kier molecular flexibility index (Phi) is 1.90. The lowest BCUT2D eigenvalue weighted by Gasteiger charge is -2.40. The Labute approximate surface area is 79.7 Å². The van der Waals surface area contributed by atoms with E-state index < -0.39 is 0 Å². The molecule has 0 aromatic carbocycles. The van der Waals surface area contributed by atoms with Crippen LogP contribution >= 0.6 is 0 Å². The Hall–Kier alpha value is -0.530. The first-order chi connectivity index (χ1) is 5.98. The number of hydrogen-bond donors (Lipinski definition) is 0. The molecule has 0 aromatic heterocycles. The molecule has 2 rings (SSSR count). The average molecular weight is 182 g/mol. The van der Waals surface area contributed by atoms with Gasteiger partial charge in [0.2, 0.25) is 0 Å². The van der Waals surface area contributed by atoms with Crippen LogP contribution in [0.15, 0.2) is 0 Å². The van der Waals surface area contributed by atoms with Crippen LogP contribution in [0.2, 0.25) is 0 Å². The van der Waals surface area contributed by atoms with Crippen molar-refractivity contribution in [1.29, 1.82) is 0 Å². The summed E-state index contributed by atoms with van der Waals surface area (Å²) in [4.78, 5) is 11.1. The predicted octanol–water partition coefficient (Wildman–Crippen LogP) is 2.37. The van der Waals surface area contributed by atoms with Gasteiger partial charge < -0.3 is 4.74 Å². The molecule has 13 heavy (non-hydrogen) atoms. The predicted molar refractivity (Wildman–Crippen MR) is 50.2 cm³/mol. The molecule has 1 aliphatic carbocycles. The molecule has 0 N–H and O–H groups in total. The van der Waals surface area contributed by atoms with Gasteiger partial charge in [-0.25, -0.2) is 0 Å². The van der Waals surface area contributed by atoms with Crippen LogP contribution in [0.4, 0.5) is 0 Å². The van der Waals surface area contributed by atoms with Crippen molar-refractivity contribution in [3.8, 4) is 0 Å². The van der Waals surface area contributed by atoms with Gasteiger partial charge in [-0.3, -0.25) is 4.79 Å². The number of hydrogen-bond acceptors (Lipinski definition) is 2. The van der Waals surface area contributed by atoms with Crippen molar-refractivity contribution < 1.29 is 9.53 Å². The van der Waals surface area contributed by atoms with Gasteiger partial charge in [-0.05, 0) is 24.2 Å². The van der Waals surface area contributed by atoms with E-state index in [9.17, 15) is 4.79 Å². The molecule has 1 aliphatic heterocycles. The van der Waals surface area contributed by atoms with E-state index in [1.165, 1.54) is 6.42 Å². The molecule has 0 amide bonds. The Morgan fingerprint density at radius 3 is 2.77 bits per heavy atom. The lowest BCUT2D eigenvalue weighted by Crippen LogP contribution is -2.36. The molecular formula is C11H18O2. The molecular weight excluding hydrogens is 164 g/mol. The van der Waals surface area contributed by atoms with Crippen molar-refractivity contribution in [3.63, 3.8) is 0 Å². The molecule has 0 bridgehead atoms. The zero-order valence-corrected chi connectivity index (χ0v) is 8.67. The van der Waals surface area contributed by atoms with Gasteiger partial charge in [-0.1, -0.05) is 20.8 Å². The first-order valence-electron chi connectivity index (χ1n) is 5.17. The van der Waals surface area contributed by atoms with E-state index in [1.807, 2.05) is 0 Å². The zero-order chi connectivity index (χ0) is 9.64. The highest BCUT2D eigenvalue weighted by molar-refractivity contribution is 5.72. The third-order valence-corrected chi connectivity index (χ3v) is 3.52. The fraction of sp³-hybridized carbons (Fsp3) is 0.909. The Bertz CT molecular complexity index is 232. The molecule has 1 saturated heterocycles. The molecule has 2 aliphatic rings. The van der Waals surface area contributed by atoms with Gasteiger partial charge in [0.1, 0.15) is 6.10 Å². The van der Waals surface area contributed by atoms with E-state index in [2.05, 4.69) is 20.8 Å². The van der Waals surface area contributed by atoms with Crippen LogP contribution in [0.3, 0.4) is 0 Å². The van der Waals surface area contributed by atoms with Gasteiger partial charge in [0.25, 0.3) is 0 Å². The minimum absolute atomic E-state index is 0.0135. The van der Waals surface area contributed by atoms with Crippen LogP contribution in [-0.4, -0.2) is 12.1 Å². The van der Waals surface area contributed by atoms with Gasteiger partial charge in [0, 0.05) is 5.92 Å². The summed E-state index contributed by atoms with van der Waals surface area (Å²) in [5.74, 6) is 1.15. The topological polar surface area (TPSA) is 26.3 Å². The molecule has 2 nitrogen and oxygen atoms in total. The second kappa shape index (κ2) is 2.73. The molecule has 2 heteroatoms. The lowest BCUT2D eigenvalue weighted by atomic mass is 9.66. The van der Waals surface area contributed by atoms with Crippen molar-refractivity contribution in [2.24, 2.45) is 17.3 Å². The molecule has 0 radical (unpaired) electrons. The molecule has 74 valence electrons. The monoisotopic (exact) mass is 182 g/mol. The molecule has 0 unspecified atom stereocenters. The Morgan fingerprint density at radius 1 is 1.38 bits per heavy atom. The summed E-state index contributed by atoms with van der Waals surface area (Å²) in [7, 11) is 0. The van der Waals surface area contributed by atoms with Gasteiger partial charge in [0.15, 0.2) is 0 Å². The molecule has 2 fully saturated rings. The van der Waals surface area contributed by atoms with Gasteiger partial charge in [0.05, 0.1) is 6.42 Å². The summed E-state index contributed by atoms with van der Waals surface area (Å²) in [5.41, 5.74) is 0.352. The molecule has 0 aromatic rings. The maximum atomic E-state index is 11.1. The molecule has 3 atom stereocenters. The largest absolute Gasteiger partial charge is 0.462 e. The van der Waals surface area contributed by atoms with Gasteiger partial charge >= 0.3 is 5.97 Å². The van der Waals surface area contributed by atoms with Crippen LogP contribution in [0.25, 0.3) is 0 Å². The van der Waals surface area contributed by atoms with Crippen molar-refractivity contribution in [3.05, 3.63) is 0 Å². The van der Waals surface area contributed by atoms with Crippen molar-refractivity contribution in [2.45, 2.75) is 46.1 Å². The summed E-state index contributed by atoms with van der Waals surface area (Å²) < 4.78 is 5.33. The number of fused-ring (bicyclic) bond motifs is 1. The fourth-order valence-electron chi connectivity index (χ4n) is 3.04. The van der Waals surface area contributed by atoms with E-state index in [1.54, 1.807) is 0 Å². The smallest absolute Gasteiger partial charge is 0.306 e. The van der Waals surface area contributed by atoms with Crippen LogP contribution in [0, 0.1) is 17.3 Å². The summed E-state index contributed by atoms with van der Waals surface area (Å²) in [6.45, 7) is 6.79. The van der Waals surface area contributed by atoms with Gasteiger partial charge in [-0.15, -0.1) is 0 Å². The summed E-state index contributed by atoms with van der Waals surface area (Å²) in [5, 5.41) is 0. The molecule has 0 spiro atoms. The number of carbonyl (C=O) groups is 1. The second-order valence-electron chi connectivity index (χ2n) is 5.45. The van der Waals surface area contributed by atoms with E-state index >= 15 is 0 Å². The van der Waals surface area contributed by atoms with Crippen LogP contribution in [0.1, 0.15) is 40.0 Å². The van der Waals surface area contributed by atoms with Crippen molar-refractivity contribution >= 4 is 5.97 Å². The number of carbonyl (C=O) groups excluding carboxylic acids is 1. The lowest BCUT2D eigenvalue weighted by molar-refractivity contribution is -0.143. The third kappa shape index (κ3) is 1.59. The van der Waals surface area contributed by atoms with E-state index in [0.717, 1.165) is 6.42 Å². The average Bonchev–Trinajstić information content (AvgIpc) is 2.27. The normalized spacial score (nSPS) is 42.7. The minimum atomic E-state index is 0.0135. The van der Waals surface area contributed by atoms with Crippen molar-refractivity contribution in [2.75, 3.05) is 0 Å². The van der Waals surface area contributed by atoms with Crippen LogP contribution in [0.5, 0.6) is 0 Å². The highest BCUT2D eigenvalue weighted by Gasteiger charge is 2.46. The van der Waals surface area contributed by atoms with Crippen molar-refractivity contribution in [1.82, 2.24) is 0 Å². The number of rotatable bonds is 0. The Balaban J connectivity index is 2.15. The molecule has 1 saturated carbocycles. The van der Waals surface area contributed by atoms with E-state index in [4.69, 9.17) is 4.74 Å². The molecule has 1 heterocycles. The van der Waals surface area contributed by atoms with Crippen LogP contribution < -0.4 is 0 Å². The standard InChI is InChI=1S/C11H18O2/c1-7-5-11(2,3)6-9-8(7)4-10(12)13-9/h7-9H,4-6H2,1-3H3/t7-,8+,9-/m1/s1. The second-order valence-corrected chi connectivity index (χ2v) is 5.45. The van der Waals surface area contributed by atoms with Crippen LogP contribution in [-0.2, 0) is 9.53 Å². The number of esters is 1. The summed E-state index contributed by atoms with van der Waals surface area (Å²) in [6, 6.07) is 0. The SMILES string of the molecule is C[C@@H]1CC(C)(C)C[C@H]2OC(=O)C[C@@H]12. The van der Waals surface area contributed by atoms with E-state index in [0.29, 0.717) is 23.7 Å². The first kappa shape index (κ1) is 9.04. The summed E-state index contributed by atoms with van der Waals surface area (Å²) in [6.07, 6.45) is 3.15. The van der Waals surface area contributed by atoms with E-state index in [-0.39, 0.29) is 12.1 Å². The maximum absolute atomic E-state index is 11.1. The summed E-state index contributed by atoms with van der Waals surface area (Å²) >= 11 is 0. The number of ether oxygens (including phenoxy) is 1. The third-order valence-electron chi connectivity index (χ3n) is 3.52. The fourth-order valence-corrected chi connectivity index (χ4v) is 3.04. The zero-order valence-electron chi connectivity index (χ0n) is 8.67. The quantitative estimate of drug-likeness (QED) is 0.538. The first-order valence-corrected chi connectivity index (χ1v) is 5.17.